The molecule has 1 saturated heterocycles. The van der Waals surface area contributed by atoms with Gasteiger partial charge in [0.05, 0.1) is 10.5 Å². The van der Waals surface area contributed by atoms with Crippen LogP contribution in [-0.2, 0) is 16.6 Å². The fourth-order valence-electron chi connectivity index (χ4n) is 2.84. The predicted molar refractivity (Wildman–Crippen MR) is 104 cm³/mol. The lowest BCUT2D eigenvalue weighted by molar-refractivity contribution is 0.0952. The molecule has 1 amide bonds. The third kappa shape index (κ3) is 4.35. The molecular formula is C18H22ClN3O3S. The number of nitrogens with zero attached hydrogens (tertiary/aromatic N) is 1. The van der Waals surface area contributed by atoms with Crippen LogP contribution in [0.4, 0.5) is 5.69 Å². The van der Waals surface area contributed by atoms with E-state index >= 15 is 0 Å². The Hall–Kier alpha value is -2.09. The summed E-state index contributed by atoms with van der Waals surface area (Å²) in [7, 11) is -3.41. The summed E-state index contributed by atoms with van der Waals surface area (Å²) >= 11 is 0. The number of carbonyl (C=O) groups is 1. The molecule has 0 radical (unpaired) electrons. The number of nitrogens with two attached hydrogens (primary N) is 1. The highest BCUT2D eigenvalue weighted by atomic mass is 35.5. The van der Waals surface area contributed by atoms with Crippen molar-refractivity contribution in [2.75, 3.05) is 18.8 Å². The number of anilines is 1. The van der Waals surface area contributed by atoms with Crippen molar-refractivity contribution in [3.8, 4) is 0 Å². The number of sulfonamides is 1. The van der Waals surface area contributed by atoms with E-state index in [9.17, 15) is 13.2 Å². The molecule has 26 heavy (non-hydrogen) atoms. The molecule has 0 spiro atoms. The van der Waals surface area contributed by atoms with Crippen molar-refractivity contribution in [2.45, 2.75) is 24.3 Å². The lowest BCUT2D eigenvalue weighted by Crippen LogP contribution is -2.28. The second-order valence-corrected chi connectivity index (χ2v) is 7.96. The van der Waals surface area contributed by atoms with Crippen LogP contribution in [-0.4, -0.2) is 31.7 Å². The van der Waals surface area contributed by atoms with E-state index in [1.165, 1.54) is 4.31 Å². The molecule has 0 atom stereocenters. The summed E-state index contributed by atoms with van der Waals surface area (Å²) in [5.74, 6) is -0.258. The summed E-state index contributed by atoms with van der Waals surface area (Å²) in [4.78, 5) is 12.4. The van der Waals surface area contributed by atoms with Crippen LogP contribution in [0.15, 0.2) is 53.4 Å². The van der Waals surface area contributed by atoms with Gasteiger partial charge < -0.3 is 11.1 Å². The monoisotopic (exact) mass is 395 g/mol. The molecule has 1 fully saturated rings. The van der Waals surface area contributed by atoms with Crippen molar-refractivity contribution in [1.29, 1.82) is 0 Å². The lowest BCUT2D eigenvalue weighted by Gasteiger charge is -2.15. The fraction of sp³-hybridized carbons (Fsp3) is 0.278. The minimum Gasteiger partial charge on any atom is -0.398 e. The number of benzene rings is 2. The van der Waals surface area contributed by atoms with E-state index in [1.54, 1.807) is 48.5 Å². The third-order valence-electron chi connectivity index (χ3n) is 4.28. The normalized spacial score (nSPS) is 14.6. The summed E-state index contributed by atoms with van der Waals surface area (Å²) in [6, 6.07) is 13.5. The van der Waals surface area contributed by atoms with E-state index in [4.69, 9.17) is 5.73 Å². The van der Waals surface area contributed by atoms with Gasteiger partial charge in [-0.3, -0.25) is 4.79 Å². The Morgan fingerprint density at radius 1 is 1.04 bits per heavy atom. The van der Waals surface area contributed by atoms with E-state index in [1.807, 2.05) is 0 Å². The Kier molecular flexibility index (Phi) is 6.63. The average molecular weight is 396 g/mol. The predicted octanol–water partition coefficient (Wildman–Crippen LogP) is 2.41. The molecule has 1 heterocycles. The quantitative estimate of drug-likeness (QED) is 0.760. The van der Waals surface area contributed by atoms with Gasteiger partial charge in [0, 0.05) is 25.3 Å². The number of para-hydroxylation sites is 1. The molecule has 140 valence electrons. The SMILES string of the molecule is Cl.Nc1ccccc1C(=O)NCc1ccc(S(=O)(=O)N2CCCC2)cc1. The Morgan fingerprint density at radius 3 is 2.27 bits per heavy atom. The van der Waals surface area contributed by atoms with Gasteiger partial charge in [0.25, 0.3) is 5.91 Å². The van der Waals surface area contributed by atoms with E-state index in [0.29, 0.717) is 30.9 Å². The third-order valence-corrected chi connectivity index (χ3v) is 6.20. The van der Waals surface area contributed by atoms with Gasteiger partial charge in [-0.15, -0.1) is 12.4 Å². The molecule has 0 aliphatic carbocycles. The van der Waals surface area contributed by atoms with Gasteiger partial charge in [-0.25, -0.2) is 8.42 Å². The van der Waals surface area contributed by atoms with E-state index in [2.05, 4.69) is 5.32 Å². The molecule has 1 aliphatic rings. The maximum absolute atomic E-state index is 12.5. The number of rotatable bonds is 5. The van der Waals surface area contributed by atoms with Gasteiger partial charge >= 0.3 is 0 Å². The van der Waals surface area contributed by atoms with Crippen molar-refractivity contribution in [3.05, 3.63) is 59.7 Å². The number of nitrogen functional groups attached to an aromatic ring is 1. The molecule has 0 bridgehead atoms. The maximum atomic E-state index is 12.5. The van der Waals surface area contributed by atoms with Gasteiger partial charge in [-0.1, -0.05) is 24.3 Å². The Morgan fingerprint density at radius 2 is 1.65 bits per heavy atom. The van der Waals surface area contributed by atoms with Crippen LogP contribution < -0.4 is 11.1 Å². The van der Waals surface area contributed by atoms with Crippen LogP contribution in [0.1, 0.15) is 28.8 Å². The van der Waals surface area contributed by atoms with Crippen LogP contribution in [0.3, 0.4) is 0 Å². The Balaban J connectivity index is 0.00000243. The molecule has 2 aromatic rings. The van der Waals surface area contributed by atoms with Crippen molar-refractivity contribution >= 4 is 34.0 Å². The van der Waals surface area contributed by atoms with Crippen LogP contribution in [0.2, 0.25) is 0 Å². The maximum Gasteiger partial charge on any atom is 0.253 e. The van der Waals surface area contributed by atoms with Gasteiger partial charge in [-0.2, -0.15) is 4.31 Å². The first-order valence-corrected chi connectivity index (χ1v) is 9.64. The minimum atomic E-state index is -3.41. The molecule has 3 N–H and O–H groups in total. The highest BCUT2D eigenvalue weighted by Crippen LogP contribution is 2.21. The zero-order valence-electron chi connectivity index (χ0n) is 14.2. The van der Waals surface area contributed by atoms with Crippen LogP contribution in [0.25, 0.3) is 0 Å². The number of hydrogen-bond donors (Lipinski definition) is 2. The summed E-state index contributed by atoms with van der Waals surface area (Å²) in [5, 5.41) is 2.79. The topological polar surface area (TPSA) is 92.5 Å². The highest BCUT2D eigenvalue weighted by Gasteiger charge is 2.26. The number of nitrogens with one attached hydrogen (secondary N) is 1. The second-order valence-electron chi connectivity index (χ2n) is 6.03. The molecule has 0 aromatic heterocycles. The van der Waals surface area contributed by atoms with E-state index in [-0.39, 0.29) is 23.2 Å². The zero-order valence-corrected chi connectivity index (χ0v) is 15.9. The Bertz CT molecular complexity index is 864. The molecule has 2 aromatic carbocycles. The standard InChI is InChI=1S/C18H21N3O3S.ClH/c19-17-6-2-1-5-16(17)18(22)20-13-14-7-9-15(10-8-14)25(23,24)21-11-3-4-12-21;/h1-2,5-10H,3-4,11-13,19H2,(H,20,22);1H. The molecule has 6 nitrogen and oxygen atoms in total. The number of hydrogen-bond acceptors (Lipinski definition) is 4. The van der Waals surface area contributed by atoms with Crippen molar-refractivity contribution < 1.29 is 13.2 Å². The fourth-order valence-corrected chi connectivity index (χ4v) is 4.36. The van der Waals surface area contributed by atoms with Crippen LogP contribution in [0.5, 0.6) is 0 Å². The molecule has 1 aliphatic heterocycles. The molecule has 0 unspecified atom stereocenters. The zero-order chi connectivity index (χ0) is 17.9. The number of carbonyl (C=O) groups excluding carboxylic acids is 1. The van der Waals surface area contributed by atoms with Crippen LogP contribution in [0, 0.1) is 0 Å². The van der Waals surface area contributed by atoms with E-state index < -0.39 is 10.0 Å². The van der Waals surface area contributed by atoms with Gasteiger partial charge in [0.1, 0.15) is 0 Å². The van der Waals surface area contributed by atoms with Gasteiger partial charge in [-0.05, 0) is 42.7 Å². The second kappa shape index (κ2) is 8.53. The molecule has 3 rings (SSSR count). The highest BCUT2D eigenvalue weighted by molar-refractivity contribution is 7.89. The molecule has 8 heteroatoms. The Labute approximate surface area is 159 Å². The number of amides is 1. The summed E-state index contributed by atoms with van der Waals surface area (Å²) < 4.78 is 26.5. The summed E-state index contributed by atoms with van der Waals surface area (Å²) in [6.45, 7) is 1.47. The first-order valence-electron chi connectivity index (χ1n) is 8.20. The smallest absolute Gasteiger partial charge is 0.253 e. The van der Waals surface area contributed by atoms with Crippen LogP contribution >= 0.6 is 12.4 Å². The van der Waals surface area contributed by atoms with Crippen molar-refractivity contribution in [1.82, 2.24) is 9.62 Å². The molecular weight excluding hydrogens is 374 g/mol. The largest absolute Gasteiger partial charge is 0.398 e. The summed E-state index contributed by atoms with van der Waals surface area (Å²) in [6.07, 6.45) is 1.82. The first-order chi connectivity index (χ1) is 12.0. The summed E-state index contributed by atoms with van der Waals surface area (Å²) in [5.41, 5.74) is 7.46. The first kappa shape index (κ1) is 20.2. The van der Waals surface area contributed by atoms with Gasteiger partial charge in [0.2, 0.25) is 10.0 Å². The minimum absolute atomic E-state index is 0. The number of halogens is 1. The lowest BCUT2D eigenvalue weighted by atomic mass is 10.1. The molecule has 0 saturated carbocycles. The average Bonchev–Trinajstić information content (AvgIpc) is 3.16. The van der Waals surface area contributed by atoms with Crippen molar-refractivity contribution in [3.63, 3.8) is 0 Å². The van der Waals surface area contributed by atoms with Gasteiger partial charge in [0.15, 0.2) is 0 Å². The van der Waals surface area contributed by atoms with Crippen molar-refractivity contribution in [2.24, 2.45) is 0 Å². The van der Waals surface area contributed by atoms with E-state index in [0.717, 1.165) is 18.4 Å².